The highest BCUT2D eigenvalue weighted by molar-refractivity contribution is 5.94. The molecule has 3 rings (SSSR count). The Hall–Kier alpha value is -2.57. The number of carbonyl (C=O) groups excluding carboxylic acids is 1. The van der Waals surface area contributed by atoms with Crippen molar-refractivity contribution in [2.75, 3.05) is 25.1 Å². The van der Waals surface area contributed by atoms with Crippen molar-refractivity contribution < 1.29 is 13.9 Å². The Morgan fingerprint density at radius 1 is 1.48 bits per heavy atom. The number of nitrogens with zero attached hydrogens (tertiary/aromatic N) is 3. The number of nitrogens with one attached hydrogen (secondary N) is 1. The second-order valence-electron chi connectivity index (χ2n) is 4.81. The van der Waals surface area contributed by atoms with Gasteiger partial charge in [-0.25, -0.2) is 9.97 Å². The number of carbonyl (C=O) groups is 1. The molecule has 0 bridgehead atoms. The van der Waals surface area contributed by atoms with Gasteiger partial charge in [0.25, 0.3) is 11.8 Å². The summed E-state index contributed by atoms with van der Waals surface area (Å²) in [6.07, 6.45) is 7.00. The van der Waals surface area contributed by atoms with E-state index < -0.39 is 0 Å². The van der Waals surface area contributed by atoms with Crippen LogP contribution in [0.5, 0.6) is 5.88 Å². The summed E-state index contributed by atoms with van der Waals surface area (Å²) in [4.78, 5) is 22.5. The maximum absolute atomic E-state index is 12.0. The maximum atomic E-state index is 12.0. The molecule has 0 aliphatic carbocycles. The molecule has 2 aromatic rings. The van der Waals surface area contributed by atoms with Crippen LogP contribution in [0.2, 0.25) is 0 Å². The zero-order chi connectivity index (χ0) is 14.7. The van der Waals surface area contributed by atoms with Gasteiger partial charge < -0.3 is 19.4 Å². The Balaban J connectivity index is 1.64. The highest BCUT2D eigenvalue weighted by atomic mass is 16.5. The lowest BCUT2D eigenvalue weighted by Crippen LogP contribution is -2.37. The number of furan rings is 1. The SMILES string of the molecule is COc1nccnc1N1CC[C@H](NC(=O)c2ccoc2)C1. The Bertz CT molecular complexity index is 614. The summed E-state index contributed by atoms with van der Waals surface area (Å²) in [6, 6.07) is 1.72. The Morgan fingerprint density at radius 2 is 2.33 bits per heavy atom. The van der Waals surface area contributed by atoms with Gasteiger partial charge in [-0.05, 0) is 12.5 Å². The minimum Gasteiger partial charge on any atom is -0.478 e. The molecule has 110 valence electrons. The molecular weight excluding hydrogens is 272 g/mol. The van der Waals surface area contributed by atoms with Crippen LogP contribution >= 0.6 is 0 Å². The number of aromatic nitrogens is 2. The number of hydrogen-bond acceptors (Lipinski definition) is 6. The van der Waals surface area contributed by atoms with Gasteiger partial charge in [-0.15, -0.1) is 0 Å². The second-order valence-corrected chi connectivity index (χ2v) is 4.81. The highest BCUT2D eigenvalue weighted by Crippen LogP contribution is 2.25. The van der Waals surface area contributed by atoms with Crippen molar-refractivity contribution in [3.05, 3.63) is 36.5 Å². The summed E-state index contributed by atoms with van der Waals surface area (Å²) in [6.45, 7) is 1.48. The predicted octanol–water partition coefficient (Wildman–Crippen LogP) is 1.09. The standard InChI is InChI=1S/C14H16N4O3/c1-20-14-12(15-4-5-16-14)18-6-2-11(8-18)17-13(19)10-3-7-21-9-10/h3-5,7,9,11H,2,6,8H2,1H3,(H,17,19)/t11-/m0/s1. The Kier molecular flexibility index (Phi) is 3.72. The van der Waals surface area contributed by atoms with E-state index in [-0.39, 0.29) is 11.9 Å². The van der Waals surface area contributed by atoms with Crippen molar-refractivity contribution in [1.82, 2.24) is 15.3 Å². The molecule has 7 heteroatoms. The van der Waals surface area contributed by atoms with Gasteiger partial charge in [-0.3, -0.25) is 4.79 Å². The minimum atomic E-state index is -0.123. The summed E-state index contributed by atoms with van der Waals surface area (Å²) in [5.41, 5.74) is 0.533. The van der Waals surface area contributed by atoms with E-state index >= 15 is 0 Å². The second kappa shape index (κ2) is 5.82. The monoisotopic (exact) mass is 288 g/mol. The van der Waals surface area contributed by atoms with Gasteiger partial charge in [-0.1, -0.05) is 0 Å². The quantitative estimate of drug-likeness (QED) is 0.907. The highest BCUT2D eigenvalue weighted by Gasteiger charge is 2.27. The smallest absolute Gasteiger partial charge is 0.257 e. The molecule has 1 saturated heterocycles. The summed E-state index contributed by atoms with van der Waals surface area (Å²) < 4.78 is 10.1. The molecule has 1 amide bonds. The molecule has 0 spiro atoms. The number of ether oxygens (including phenoxy) is 1. The summed E-state index contributed by atoms with van der Waals surface area (Å²) in [7, 11) is 1.57. The largest absolute Gasteiger partial charge is 0.478 e. The molecule has 0 unspecified atom stereocenters. The van der Waals surface area contributed by atoms with E-state index in [9.17, 15) is 4.79 Å². The average molecular weight is 288 g/mol. The molecule has 1 atom stereocenters. The van der Waals surface area contributed by atoms with Crippen LogP contribution in [0.3, 0.4) is 0 Å². The van der Waals surface area contributed by atoms with Crippen molar-refractivity contribution >= 4 is 11.7 Å². The molecule has 1 fully saturated rings. The number of hydrogen-bond donors (Lipinski definition) is 1. The van der Waals surface area contributed by atoms with Crippen molar-refractivity contribution in [3.8, 4) is 5.88 Å². The zero-order valence-electron chi connectivity index (χ0n) is 11.7. The molecule has 0 aromatic carbocycles. The first-order valence-electron chi connectivity index (χ1n) is 6.71. The number of methoxy groups -OCH3 is 1. The lowest BCUT2D eigenvalue weighted by molar-refractivity contribution is 0.0940. The van der Waals surface area contributed by atoms with Gasteiger partial charge in [0.05, 0.1) is 18.9 Å². The van der Waals surface area contributed by atoms with Crippen LogP contribution in [0.15, 0.2) is 35.4 Å². The fourth-order valence-corrected chi connectivity index (χ4v) is 2.41. The zero-order valence-corrected chi connectivity index (χ0v) is 11.7. The van der Waals surface area contributed by atoms with Crippen LogP contribution in [-0.4, -0.2) is 42.1 Å². The van der Waals surface area contributed by atoms with E-state index in [0.717, 1.165) is 13.0 Å². The van der Waals surface area contributed by atoms with Crippen molar-refractivity contribution in [2.45, 2.75) is 12.5 Å². The van der Waals surface area contributed by atoms with E-state index in [1.165, 1.54) is 12.5 Å². The predicted molar refractivity (Wildman–Crippen MR) is 75.4 cm³/mol. The topological polar surface area (TPSA) is 80.5 Å². The van der Waals surface area contributed by atoms with Gasteiger partial charge in [0.15, 0.2) is 5.82 Å². The normalized spacial score (nSPS) is 17.8. The van der Waals surface area contributed by atoms with E-state index in [2.05, 4.69) is 20.2 Å². The molecule has 7 nitrogen and oxygen atoms in total. The van der Waals surface area contributed by atoms with Gasteiger partial charge in [0.2, 0.25) is 0 Å². The lowest BCUT2D eigenvalue weighted by Gasteiger charge is -2.19. The van der Waals surface area contributed by atoms with Crippen molar-refractivity contribution in [1.29, 1.82) is 0 Å². The van der Waals surface area contributed by atoms with Crippen LogP contribution in [-0.2, 0) is 0 Å². The summed E-state index contributed by atoms with van der Waals surface area (Å²) in [5.74, 6) is 1.08. The number of rotatable bonds is 4. The first-order chi connectivity index (χ1) is 10.3. The molecule has 0 saturated carbocycles. The van der Waals surface area contributed by atoms with E-state index in [1.807, 2.05) is 0 Å². The van der Waals surface area contributed by atoms with Crippen LogP contribution in [0.4, 0.5) is 5.82 Å². The Labute approximate surface area is 121 Å². The van der Waals surface area contributed by atoms with E-state index in [4.69, 9.17) is 9.15 Å². The molecule has 0 radical (unpaired) electrons. The van der Waals surface area contributed by atoms with Crippen LogP contribution in [0.1, 0.15) is 16.8 Å². The van der Waals surface area contributed by atoms with E-state index in [0.29, 0.717) is 23.8 Å². The Morgan fingerprint density at radius 3 is 3.10 bits per heavy atom. The summed E-state index contributed by atoms with van der Waals surface area (Å²) in [5, 5.41) is 2.99. The molecule has 1 N–H and O–H groups in total. The number of anilines is 1. The van der Waals surface area contributed by atoms with Gasteiger partial charge in [0, 0.05) is 31.5 Å². The fraction of sp³-hybridized carbons (Fsp3) is 0.357. The molecule has 1 aliphatic heterocycles. The molecule has 3 heterocycles. The first kappa shape index (κ1) is 13.4. The minimum absolute atomic E-state index is 0.0686. The average Bonchev–Trinajstić information content (AvgIpc) is 3.18. The number of amides is 1. The van der Waals surface area contributed by atoms with Crippen molar-refractivity contribution in [2.24, 2.45) is 0 Å². The van der Waals surface area contributed by atoms with Gasteiger partial charge in [0.1, 0.15) is 6.26 Å². The van der Waals surface area contributed by atoms with E-state index in [1.54, 1.807) is 25.6 Å². The molecule has 21 heavy (non-hydrogen) atoms. The van der Waals surface area contributed by atoms with Crippen LogP contribution < -0.4 is 15.0 Å². The first-order valence-corrected chi connectivity index (χ1v) is 6.71. The van der Waals surface area contributed by atoms with Crippen molar-refractivity contribution in [3.63, 3.8) is 0 Å². The third-order valence-electron chi connectivity index (χ3n) is 3.45. The lowest BCUT2D eigenvalue weighted by atomic mass is 10.2. The van der Waals surface area contributed by atoms with Crippen LogP contribution in [0, 0.1) is 0 Å². The molecule has 1 aliphatic rings. The fourth-order valence-electron chi connectivity index (χ4n) is 2.41. The van der Waals surface area contributed by atoms with Gasteiger partial charge >= 0.3 is 0 Å². The molecule has 2 aromatic heterocycles. The third-order valence-corrected chi connectivity index (χ3v) is 3.45. The van der Waals surface area contributed by atoms with Gasteiger partial charge in [-0.2, -0.15) is 0 Å². The third kappa shape index (κ3) is 2.81. The van der Waals surface area contributed by atoms with Crippen LogP contribution in [0.25, 0.3) is 0 Å². The maximum Gasteiger partial charge on any atom is 0.257 e. The summed E-state index contributed by atoms with van der Waals surface area (Å²) >= 11 is 0. The molecular formula is C14H16N4O3.